The summed E-state index contributed by atoms with van der Waals surface area (Å²) in [6.07, 6.45) is 1.71. The lowest BCUT2D eigenvalue weighted by Crippen LogP contribution is -2.36. The van der Waals surface area contributed by atoms with Gasteiger partial charge in [-0.05, 0) is 52.3 Å². The number of rotatable bonds is 4. The van der Waals surface area contributed by atoms with Crippen LogP contribution in [0.25, 0.3) is 4.96 Å². The Morgan fingerprint density at radius 3 is 2.64 bits per heavy atom. The number of Topliss-reactive ketones (excluding diaryl/α,β-unsaturated/α-hetero) is 1. The summed E-state index contributed by atoms with van der Waals surface area (Å²) in [6, 6.07) is 7.70. The first-order valence-electron chi connectivity index (χ1n) is 9.73. The maximum atomic E-state index is 12.9. The van der Waals surface area contributed by atoms with Gasteiger partial charge in [-0.25, -0.2) is 4.98 Å². The molecule has 3 heterocycles. The van der Waals surface area contributed by atoms with E-state index in [1.807, 2.05) is 31.4 Å². The van der Waals surface area contributed by atoms with Crippen molar-refractivity contribution in [3.8, 4) is 0 Å². The van der Waals surface area contributed by atoms with Gasteiger partial charge in [0.25, 0.3) is 5.56 Å². The molecule has 6 heteroatoms. The third kappa shape index (κ3) is 3.66. The summed E-state index contributed by atoms with van der Waals surface area (Å²) in [5, 5.41) is 1.96. The van der Waals surface area contributed by atoms with E-state index in [-0.39, 0.29) is 17.3 Å². The third-order valence-electron chi connectivity index (χ3n) is 5.62. The van der Waals surface area contributed by atoms with Gasteiger partial charge < -0.3 is 0 Å². The number of hydrogen-bond acceptors (Lipinski definition) is 5. The number of carbonyl (C=O) groups excluding carboxylic acids is 1. The molecule has 0 bridgehead atoms. The maximum Gasteiger partial charge on any atom is 0.259 e. The Labute approximate surface area is 168 Å². The first kappa shape index (κ1) is 19.0. The smallest absolute Gasteiger partial charge is 0.259 e. The van der Waals surface area contributed by atoms with Gasteiger partial charge in [0.1, 0.15) is 0 Å². The molecule has 146 valence electrons. The van der Waals surface area contributed by atoms with Crippen molar-refractivity contribution in [1.29, 1.82) is 0 Å². The largest absolute Gasteiger partial charge is 0.297 e. The molecule has 1 aliphatic rings. The van der Waals surface area contributed by atoms with Crippen molar-refractivity contribution in [3.63, 3.8) is 0 Å². The fourth-order valence-electron chi connectivity index (χ4n) is 4.07. The van der Waals surface area contributed by atoms with Crippen LogP contribution in [0.3, 0.4) is 0 Å². The van der Waals surface area contributed by atoms with Gasteiger partial charge in [-0.1, -0.05) is 23.8 Å². The van der Waals surface area contributed by atoms with Gasteiger partial charge in [0, 0.05) is 35.2 Å². The Bertz CT molecular complexity index is 1090. The first-order chi connectivity index (χ1) is 13.4. The Hall–Kier alpha value is -2.31. The summed E-state index contributed by atoms with van der Waals surface area (Å²) < 4.78 is 1.66. The zero-order valence-corrected chi connectivity index (χ0v) is 17.4. The SMILES string of the molecule is Cc1ccc(C(=O)C2CCN(Cc3cc(=O)n4c(C)csc4n3)CC2)c(C)c1. The Balaban J connectivity index is 1.42. The third-order valence-corrected chi connectivity index (χ3v) is 6.56. The molecule has 1 saturated heterocycles. The first-order valence-corrected chi connectivity index (χ1v) is 10.6. The van der Waals surface area contributed by atoms with Crippen molar-refractivity contribution < 1.29 is 4.79 Å². The van der Waals surface area contributed by atoms with Crippen LogP contribution in [0.4, 0.5) is 0 Å². The van der Waals surface area contributed by atoms with Gasteiger partial charge in [-0.3, -0.25) is 18.9 Å². The van der Waals surface area contributed by atoms with E-state index in [4.69, 9.17) is 0 Å². The number of benzene rings is 1. The number of thiazole rings is 1. The molecule has 1 aliphatic heterocycles. The van der Waals surface area contributed by atoms with E-state index in [1.54, 1.807) is 10.5 Å². The molecule has 0 aliphatic carbocycles. The van der Waals surface area contributed by atoms with Gasteiger partial charge in [0.2, 0.25) is 0 Å². The molecule has 0 spiro atoms. The van der Waals surface area contributed by atoms with Crippen LogP contribution in [0.15, 0.2) is 34.4 Å². The van der Waals surface area contributed by atoms with Crippen LogP contribution in [0.1, 0.15) is 45.7 Å². The molecule has 0 radical (unpaired) electrons. The molecule has 0 N–H and O–H groups in total. The number of aromatic nitrogens is 2. The highest BCUT2D eigenvalue weighted by atomic mass is 32.1. The van der Waals surface area contributed by atoms with Crippen molar-refractivity contribution in [2.45, 2.75) is 40.2 Å². The van der Waals surface area contributed by atoms with Crippen molar-refractivity contribution in [1.82, 2.24) is 14.3 Å². The monoisotopic (exact) mass is 395 g/mol. The summed E-state index contributed by atoms with van der Waals surface area (Å²) in [4.78, 5) is 33.0. The number of nitrogens with zero attached hydrogens (tertiary/aromatic N) is 3. The van der Waals surface area contributed by atoms with E-state index in [1.165, 1.54) is 16.9 Å². The maximum absolute atomic E-state index is 12.9. The number of carbonyl (C=O) groups is 1. The zero-order valence-electron chi connectivity index (χ0n) is 16.6. The van der Waals surface area contributed by atoms with E-state index in [0.717, 1.165) is 53.4 Å². The second kappa shape index (κ2) is 7.60. The summed E-state index contributed by atoms with van der Waals surface area (Å²) in [6.45, 7) is 8.35. The summed E-state index contributed by atoms with van der Waals surface area (Å²) in [7, 11) is 0. The molecule has 1 aromatic carbocycles. The molecular weight excluding hydrogens is 370 g/mol. The van der Waals surface area contributed by atoms with E-state index in [9.17, 15) is 9.59 Å². The Morgan fingerprint density at radius 1 is 1.18 bits per heavy atom. The summed E-state index contributed by atoms with van der Waals surface area (Å²) in [5.74, 6) is 0.350. The van der Waals surface area contributed by atoms with Gasteiger partial charge in [0.15, 0.2) is 10.7 Å². The normalized spacial score (nSPS) is 16.0. The second-order valence-corrected chi connectivity index (χ2v) is 8.65. The highest BCUT2D eigenvalue weighted by Crippen LogP contribution is 2.24. The van der Waals surface area contributed by atoms with Crippen molar-refractivity contribution in [2.24, 2.45) is 5.92 Å². The van der Waals surface area contributed by atoms with Crippen LogP contribution in [0.2, 0.25) is 0 Å². The van der Waals surface area contributed by atoms with E-state index in [0.29, 0.717) is 6.54 Å². The zero-order chi connectivity index (χ0) is 19.8. The Morgan fingerprint density at radius 2 is 1.93 bits per heavy atom. The second-order valence-electron chi connectivity index (χ2n) is 7.81. The summed E-state index contributed by atoms with van der Waals surface area (Å²) in [5.41, 5.74) is 4.83. The standard InChI is InChI=1S/C22H25N3O2S/c1-14-4-5-19(15(2)10-14)21(27)17-6-8-24(9-7-17)12-18-11-20(26)25-16(3)13-28-22(25)23-18/h4-5,10-11,13,17H,6-9,12H2,1-3H3. The minimum absolute atomic E-state index is 0.0151. The molecule has 28 heavy (non-hydrogen) atoms. The lowest BCUT2D eigenvalue weighted by Gasteiger charge is -2.31. The number of hydrogen-bond donors (Lipinski definition) is 0. The fraction of sp³-hybridized carbons (Fsp3) is 0.409. The van der Waals surface area contributed by atoms with Crippen molar-refractivity contribution in [3.05, 3.63) is 68.1 Å². The molecule has 5 nitrogen and oxygen atoms in total. The fourth-order valence-corrected chi connectivity index (χ4v) is 4.96. The van der Waals surface area contributed by atoms with Crippen LogP contribution in [-0.4, -0.2) is 33.2 Å². The van der Waals surface area contributed by atoms with E-state index >= 15 is 0 Å². The molecule has 3 aromatic rings. The molecule has 0 saturated carbocycles. The van der Waals surface area contributed by atoms with Gasteiger partial charge in [0.05, 0.1) is 5.69 Å². The predicted octanol–water partition coefficient (Wildman–Crippen LogP) is 3.78. The number of ketones is 1. The lowest BCUT2D eigenvalue weighted by atomic mass is 9.87. The summed E-state index contributed by atoms with van der Waals surface area (Å²) >= 11 is 1.50. The number of aryl methyl sites for hydroxylation is 3. The molecule has 0 unspecified atom stereocenters. The van der Waals surface area contributed by atoms with Crippen molar-refractivity contribution in [2.75, 3.05) is 13.1 Å². The topological polar surface area (TPSA) is 54.7 Å². The minimum Gasteiger partial charge on any atom is -0.297 e. The minimum atomic E-state index is -0.0151. The predicted molar refractivity (Wildman–Crippen MR) is 112 cm³/mol. The van der Waals surface area contributed by atoms with Crippen LogP contribution in [-0.2, 0) is 6.54 Å². The van der Waals surface area contributed by atoms with Gasteiger partial charge in [-0.2, -0.15) is 0 Å². The van der Waals surface area contributed by atoms with E-state index < -0.39 is 0 Å². The molecular formula is C22H25N3O2S. The molecule has 1 fully saturated rings. The van der Waals surface area contributed by atoms with Crippen LogP contribution < -0.4 is 5.56 Å². The van der Waals surface area contributed by atoms with Gasteiger partial charge in [-0.15, -0.1) is 11.3 Å². The highest BCUT2D eigenvalue weighted by molar-refractivity contribution is 7.15. The highest BCUT2D eigenvalue weighted by Gasteiger charge is 2.27. The quantitative estimate of drug-likeness (QED) is 0.631. The molecule has 4 rings (SSSR count). The number of likely N-dealkylation sites (tertiary alicyclic amines) is 1. The van der Waals surface area contributed by atoms with Gasteiger partial charge >= 0.3 is 0 Å². The average molecular weight is 396 g/mol. The van der Waals surface area contributed by atoms with Crippen LogP contribution >= 0.6 is 11.3 Å². The van der Waals surface area contributed by atoms with Crippen LogP contribution in [0, 0.1) is 26.7 Å². The number of fused-ring (bicyclic) bond motifs is 1. The Kier molecular flexibility index (Phi) is 5.17. The van der Waals surface area contributed by atoms with E-state index in [2.05, 4.69) is 22.9 Å². The molecule has 0 atom stereocenters. The van der Waals surface area contributed by atoms with Crippen molar-refractivity contribution >= 4 is 22.1 Å². The van der Waals surface area contributed by atoms with Crippen LogP contribution in [0.5, 0.6) is 0 Å². The average Bonchev–Trinajstić information content (AvgIpc) is 3.03. The molecule has 0 amide bonds. The number of piperidine rings is 1. The molecule has 2 aromatic heterocycles. The lowest BCUT2D eigenvalue weighted by molar-refractivity contribution is 0.0833.